The molecule has 1 rings (SSSR count). The molecule has 0 radical (unpaired) electrons. The first-order valence-corrected chi connectivity index (χ1v) is 6.58. The zero-order chi connectivity index (χ0) is 13.2. The maximum atomic E-state index is 8.77. The number of nitrogens with one attached hydrogen (secondary N) is 1. The zero-order valence-electron chi connectivity index (χ0n) is 11.1. The molecule has 4 N–H and O–H groups in total. The quantitative estimate of drug-likeness (QED) is 0.582. The maximum absolute atomic E-state index is 8.77. The summed E-state index contributed by atoms with van der Waals surface area (Å²) >= 11 is 0. The van der Waals surface area contributed by atoms with E-state index in [2.05, 4.69) is 12.2 Å². The molecule has 0 bridgehead atoms. The SMILES string of the molecule is CCCOc1cccc(C(CN)NCCCO)c1. The molecule has 0 amide bonds. The molecular weight excluding hydrogens is 228 g/mol. The molecule has 1 unspecified atom stereocenters. The topological polar surface area (TPSA) is 67.5 Å². The minimum atomic E-state index is 0.113. The van der Waals surface area contributed by atoms with Gasteiger partial charge in [0.15, 0.2) is 0 Å². The summed E-state index contributed by atoms with van der Waals surface area (Å²) in [5.41, 5.74) is 6.90. The Balaban J connectivity index is 2.60. The van der Waals surface area contributed by atoms with Crippen LogP contribution >= 0.6 is 0 Å². The van der Waals surface area contributed by atoms with Gasteiger partial charge in [-0.25, -0.2) is 0 Å². The molecule has 1 atom stereocenters. The second kappa shape index (κ2) is 8.91. The van der Waals surface area contributed by atoms with E-state index in [4.69, 9.17) is 15.6 Å². The first-order valence-electron chi connectivity index (χ1n) is 6.58. The van der Waals surface area contributed by atoms with Crippen molar-refractivity contribution >= 4 is 0 Å². The van der Waals surface area contributed by atoms with E-state index in [0.29, 0.717) is 6.54 Å². The maximum Gasteiger partial charge on any atom is 0.119 e. The molecule has 0 aliphatic carbocycles. The van der Waals surface area contributed by atoms with E-state index in [1.165, 1.54) is 0 Å². The smallest absolute Gasteiger partial charge is 0.119 e. The lowest BCUT2D eigenvalue weighted by Crippen LogP contribution is -2.29. The van der Waals surface area contributed by atoms with Crippen LogP contribution in [0.2, 0.25) is 0 Å². The van der Waals surface area contributed by atoms with Gasteiger partial charge >= 0.3 is 0 Å². The summed E-state index contributed by atoms with van der Waals surface area (Å²) in [6, 6.07) is 8.13. The fourth-order valence-corrected chi connectivity index (χ4v) is 1.73. The third-order valence-corrected chi connectivity index (χ3v) is 2.69. The first-order chi connectivity index (χ1) is 8.81. The van der Waals surface area contributed by atoms with E-state index in [9.17, 15) is 0 Å². The van der Waals surface area contributed by atoms with Crippen molar-refractivity contribution in [3.8, 4) is 5.75 Å². The molecule has 0 fully saturated rings. The van der Waals surface area contributed by atoms with Crippen LogP contribution in [0.15, 0.2) is 24.3 Å². The molecule has 4 nitrogen and oxygen atoms in total. The molecule has 0 aromatic heterocycles. The van der Waals surface area contributed by atoms with Gasteiger partial charge in [0, 0.05) is 19.2 Å². The molecule has 0 heterocycles. The fraction of sp³-hybridized carbons (Fsp3) is 0.571. The molecule has 4 heteroatoms. The predicted octanol–water partition coefficient (Wildman–Crippen LogP) is 1.45. The summed E-state index contributed by atoms with van der Waals surface area (Å²) in [6.45, 7) is 4.31. The van der Waals surface area contributed by atoms with Crippen LogP contribution in [0.4, 0.5) is 0 Å². The summed E-state index contributed by atoms with van der Waals surface area (Å²) in [7, 11) is 0. The van der Waals surface area contributed by atoms with Crippen LogP contribution < -0.4 is 15.8 Å². The Morgan fingerprint density at radius 1 is 1.44 bits per heavy atom. The van der Waals surface area contributed by atoms with E-state index in [1.807, 2.05) is 24.3 Å². The van der Waals surface area contributed by atoms with Crippen molar-refractivity contribution in [1.29, 1.82) is 0 Å². The van der Waals surface area contributed by atoms with Gasteiger partial charge in [-0.05, 0) is 37.1 Å². The van der Waals surface area contributed by atoms with Crippen LogP contribution in [0.3, 0.4) is 0 Å². The van der Waals surface area contributed by atoms with Crippen molar-refractivity contribution in [2.24, 2.45) is 5.73 Å². The van der Waals surface area contributed by atoms with Gasteiger partial charge < -0.3 is 20.9 Å². The monoisotopic (exact) mass is 252 g/mol. The highest BCUT2D eigenvalue weighted by molar-refractivity contribution is 5.30. The highest BCUT2D eigenvalue weighted by Crippen LogP contribution is 2.19. The largest absolute Gasteiger partial charge is 0.494 e. The molecule has 0 saturated heterocycles. The fourth-order valence-electron chi connectivity index (χ4n) is 1.73. The van der Waals surface area contributed by atoms with Gasteiger partial charge in [0.25, 0.3) is 0 Å². The number of hydrogen-bond acceptors (Lipinski definition) is 4. The molecule has 102 valence electrons. The number of rotatable bonds is 9. The van der Waals surface area contributed by atoms with Gasteiger partial charge in [-0.15, -0.1) is 0 Å². The Labute approximate surface area is 109 Å². The second-order valence-electron chi connectivity index (χ2n) is 4.24. The van der Waals surface area contributed by atoms with Crippen molar-refractivity contribution in [2.45, 2.75) is 25.8 Å². The lowest BCUT2D eigenvalue weighted by atomic mass is 10.1. The van der Waals surface area contributed by atoms with Crippen molar-refractivity contribution in [1.82, 2.24) is 5.32 Å². The molecule has 0 saturated carbocycles. The van der Waals surface area contributed by atoms with E-state index < -0.39 is 0 Å². The van der Waals surface area contributed by atoms with Crippen LogP contribution in [0, 0.1) is 0 Å². The van der Waals surface area contributed by atoms with Gasteiger partial charge in [-0.2, -0.15) is 0 Å². The van der Waals surface area contributed by atoms with Gasteiger partial charge in [0.1, 0.15) is 5.75 Å². The highest BCUT2D eigenvalue weighted by atomic mass is 16.5. The average Bonchev–Trinajstić information content (AvgIpc) is 2.42. The normalized spacial score (nSPS) is 12.4. The Morgan fingerprint density at radius 2 is 2.28 bits per heavy atom. The minimum absolute atomic E-state index is 0.113. The van der Waals surface area contributed by atoms with E-state index >= 15 is 0 Å². The van der Waals surface area contributed by atoms with Gasteiger partial charge in [-0.3, -0.25) is 0 Å². The number of nitrogens with two attached hydrogens (primary N) is 1. The summed E-state index contributed by atoms with van der Waals surface area (Å²) in [4.78, 5) is 0. The van der Waals surface area contributed by atoms with Crippen LogP contribution in [0.25, 0.3) is 0 Å². The summed E-state index contributed by atoms with van der Waals surface area (Å²) in [5.74, 6) is 0.886. The minimum Gasteiger partial charge on any atom is -0.494 e. The van der Waals surface area contributed by atoms with Gasteiger partial charge in [0.05, 0.1) is 6.61 Å². The second-order valence-corrected chi connectivity index (χ2v) is 4.24. The van der Waals surface area contributed by atoms with Crippen molar-refractivity contribution in [3.63, 3.8) is 0 Å². The van der Waals surface area contributed by atoms with E-state index in [0.717, 1.165) is 37.3 Å². The van der Waals surface area contributed by atoms with Crippen LogP contribution in [-0.4, -0.2) is 31.4 Å². The summed E-state index contributed by atoms with van der Waals surface area (Å²) in [6.07, 6.45) is 1.74. The van der Waals surface area contributed by atoms with Crippen LogP contribution in [-0.2, 0) is 0 Å². The van der Waals surface area contributed by atoms with Crippen LogP contribution in [0.1, 0.15) is 31.4 Å². The predicted molar refractivity (Wildman–Crippen MR) is 73.7 cm³/mol. The molecule has 1 aromatic carbocycles. The number of aliphatic hydroxyl groups is 1. The first kappa shape index (κ1) is 15.0. The van der Waals surface area contributed by atoms with Gasteiger partial charge in [0.2, 0.25) is 0 Å². The molecule has 0 aliphatic heterocycles. The standard InChI is InChI=1S/C14H24N2O2/c1-2-9-18-13-6-3-5-12(10-13)14(11-15)16-7-4-8-17/h3,5-6,10,14,16-17H,2,4,7-9,11,15H2,1H3. The van der Waals surface area contributed by atoms with E-state index in [1.54, 1.807) is 0 Å². The Bertz CT molecular complexity index is 331. The van der Waals surface area contributed by atoms with Crippen molar-refractivity contribution in [3.05, 3.63) is 29.8 Å². The number of hydrogen-bond donors (Lipinski definition) is 3. The van der Waals surface area contributed by atoms with Gasteiger partial charge in [-0.1, -0.05) is 19.1 Å². The molecule has 18 heavy (non-hydrogen) atoms. The summed E-state index contributed by atoms with van der Waals surface area (Å²) < 4.78 is 5.61. The zero-order valence-corrected chi connectivity index (χ0v) is 11.1. The van der Waals surface area contributed by atoms with Crippen LogP contribution in [0.5, 0.6) is 5.75 Å². The Kier molecular flexibility index (Phi) is 7.41. The summed E-state index contributed by atoms with van der Waals surface area (Å²) in [5, 5.41) is 12.1. The molecule has 0 spiro atoms. The third kappa shape index (κ3) is 5.04. The van der Waals surface area contributed by atoms with Crippen molar-refractivity contribution < 1.29 is 9.84 Å². The Hall–Kier alpha value is -1.10. The molecule has 1 aromatic rings. The third-order valence-electron chi connectivity index (χ3n) is 2.69. The van der Waals surface area contributed by atoms with E-state index in [-0.39, 0.29) is 12.6 Å². The number of ether oxygens (including phenoxy) is 1. The lowest BCUT2D eigenvalue weighted by Gasteiger charge is -2.18. The molecular formula is C14H24N2O2. The van der Waals surface area contributed by atoms with Crippen molar-refractivity contribution in [2.75, 3.05) is 26.3 Å². The number of aliphatic hydroxyl groups excluding tert-OH is 1. The Morgan fingerprint density at radius 3 is 2.94 bits per heavy atom. The lowest BCUT2D eigenvalue weighted by molar-refractivity contribution is 0.283. The number of benzene rings is 1. The molecule has 0 aliphatic rings. The highest BCUT2D eigenvalue weighted by Gasteiger charge is 2.09. The average molecular weight is 252 g/mol.